The lowest BCUT2D eigenvalue weighted by Crippen LogP contribution is -2.40. The van der Waals surface area contributed by atoms with E-state index in [1.807, 2.05) is 6.92 Å². The molecule has 1 fully saturated rings. The third kappa shape index (κ3) is 6.11. The number of aliphatic imine (C=N–C) groups is 1. The average Bonchev–Trinajstić information content (AvgIpc) is 2.91. The van der Waals surface area contributed by atoms with E-state index >= 15 is 0 Å². The van der Waals surface area contributed by atoms with Crippen LogP contribution in [0.15, 0.2) is 10.4 Å². The predicted molar refractivity (Wildman–Crippen MR) is 99.1 cm³/mol. The minimum Gasteiger partial charge on any atom is -0.357 e. The quantitative estimate of drug-likeness (QED) is 0.640. The minimum absolute atomic E-state index is 0.803. The number of rotatable bonds is 6. The maximum Gasteiger partial charge on any atom is 0.194 e. The first-order valence-electron chi connectivity index (χ1n) is 8.71. The molecule has 0 aliphatic carbocycles. The molecule has 1 aromatic rings. The van der Waals surface area contributed by atoms with Gasteiger partial charge in [0.05, 0.1) is 23.8 Å². The highest BCUT2D eigenvalue weighted by atomic mass is 32.1. The SMILES string of the molecule is CCNC(=NCCN1CCCC(C)C1)N(C)Cc1csc(C)n1. The lowest BCUT2D eigenvalue weighted by molar-refractivity contribution is 0.188. The summed E-state index contributed by atoms with van der Waals surface area (Å²) in [5.74, 6) is 1.81. The van der Waals surface area contributed by atoms with Crippen LogP contribution in [0.4, 0.5) is 0 Å². The first-order chi connectivity index (χ1) is 11.1. The van der Waals surface area contributed by atoms with E-state index in [9.17, 15) is 0 Å². The van der Waals surface area contributed by atoms with E-state index in [-0.39, 0.29) is 0 Å². The molecule has 0 spiro atoms. The van der Waals surface area contributed by atoms with Gasteiger partial charge < -0.3 is 15.1 Å². The number of guanidine groups is 1. The largest absolute Gasteiger partial charge is 0.357 e. The van der Waals surface area contributed by atoms with E-state index in [1.165, 1.54) is 25.9 Å². The Morgan fingerprint density at radius 3 is 3.04 bits per heavy atom. The van der Waals surface area contributed by atoms with Gasteiger partial charge in [0.25, 0.3) is 0 Å². The van der Waals surface area contributed by atoms with E-state index in [2.05, 4.69) is 46.4 Å². The van der Waals surface area contributed by atoms with Crippen LogP contribution < -0.4 is 5.32 Å². The molecule has 1 aromatic heterocycles. The molecule has 5 nitrogen and oxygen atoms in total. The van der Waals surface area contributed by atoms with Crippen molar-refractivity contribution in [2.75, 3.05) is 39.8 Å². The van der Waals surface area contributed by atoms with Crippen molar-refractivity contribution in [1.82, 2.24) is 20.1 Å². The second-order valence-electron chi connectivity index (χ2n) is 6.50. The standard InChI is InChI=1S/C17H31N5S/c1-5-18-17(21(4)12-16-13-23-15(3)20-16)19-8-10-22-9-6-7-14(2)11-22/h13-14H,5-12H2,1-4H3,(H,18,19). The molecular formula is C17H31N5S. The monoisotopic (exact) mass is 337 g/mol. The number of piperidine rings is 1. The summed E-state index contributed by atoms with van der Waals surface area (Å²) in [4.78, 5) is 14.1. The highest BCUT2D eigenvalue weighted by Gasteiger charge is 2.15. The van der Waals surface area contributed by atoms with Crippen LogP contribution in [0.25, 0.3) is 0 Å². The third-order valence-electron chi connectivity index (χ3n) is 4.18. The second-order valence-corrected chi connectivity index (χ2v) is 7.56. The van der Waals surface area contributed by atoms with Gasteiger partial charge in [0.2, 0.25) is 0 Å². The Hall–Kier alpha value is -1.14. The molecule has 2 heterocycles. The lowest BCUT2D eigenvalue weighted by atomic mass is 10.0. The molecule has 23 heavy (non-hydrogen) atoms. The fraction of sp³-hybridized carbons (Fsp3) is 0.765. The molecule has 1 atom stereocenters. The normalized spacial score (nSPS) is 19.8. The maximum atomic E-state index is 4.80. The molecule has 130 valence electrons. The van der Waals surface area contributed by atoms with Crippen LogP contribution in [0.5, 0.6) is 0 Å². The second kappa shape index (κ2) is 9.23. The molecule has 0 saturated carbocycles. The molecule has 2 rings (SSSR count). The van der Waals surface area contributed by atoms with Crippen molar-refractivity contribution in [3.8, 4) is 0 Å². The molecule has 1 saturated heterocycles. The smallest absolute Gasteiger partial charge is 0.194 e. The van der Waals surface area contributed by atoms with Crippen LogP contribution in [0.2, 0.25) is 0 Å². The van der Waals surface area contributed by atoms with Crippen LogP contribution >= 0.6 is 11.3 Å². The van der Waals surface area contributed by atoms with E-state index < -0.39 is 0 Å². The summed E-state index contributed by atoms with van der Waals surface area (Å²) >= 11 is 1.70. The van der Waals surface area contributed by atoms with Gasteiger partial charge in [-0.2, -0.15) is 0 Å². The van der Waals surface area contributed by atoms with Gasteiger partial charge in [-0.3, -0.25) is 4.99 Å². The number of hydrogen-bond acceptors (Lipinski definition) is 4. The molecule has 1 aliphatic rings. The summed E-state index contributed by atoms with van der Waals surface area (Å²) in [7, 11) is 2.08. The summed E-state index contributed by atoms with van der Waals surface area (Å²) in [5, 5.41) is 6.64. The molecule has 1 unspecified atom stereocenters. The number of thiazole rings is 1. The van der Waals surface area contributed by atoms with Crippen molar-refractivity contribution in [3.63, 3.8) is 0 Å². The Balaban J connectivity index is 1.85. The Morgan fingerprint density at radius 1 is 1.57 bits per heavy atom. The molecule has 6 heteroatoms. The molecule has 1 aliphatic heterocycles. The Bertz CT molecular complexity index is 499. The summed E-state index contributed by atoms with van der Waals surface area (Å²) in [6.45, 7) is 12.6. The Morgan fingerprint density at radius 2 is 2.39 bits per heavy atom. The van der Waals surface area contributed by atoms with Crippen LogP contribution in [0.1, 0.15) is 37.4 Å². The van der Waals surface area contributed by atoms with Gasteiger partial charge in [-0.15, -0.1) is 11.3 Å². The van der Waals surface area contributed by atoms with Crippen molar-refractivity contribution in [2.45, 2.75) is 40.2 Å². The maximum absolute atomic E-state index is 4.80. The van der Waals surface area contributed by atoms with Crippen molar-refractivity contribution < 1.29 is 0 Å². The summed E-state index contributed by atoms with van der Waals surface area (Å²) in [6, 6.07) is 0. The zero-order chi connectivity index (χ0) is 16.7. The highest BCUT2D eigenvalue weighted by Crippen LogP contribution is 2.14. The number of hydrogen-bond donors (Lipinski definition) is 1. The molecule has 0 aromatic carbocycles. The zero-order valence-electron chi connectivity index (χ0n) is 15.0. The van der Waals surface area contributed by atoms with Gasteiger partial charge in [-0.05, 0) is 39.2 Å². The van der Waals surface area contributed by atoms with Gasteiger partial charge >= 0.3 is 0 Å². The Labute approximate surface area is 144 Å². The first kappa shape index (κ1) is 18.2. The first-order valence-corrected chi connectivity index (χ1v) is 9.59. The van der Waals surface area contributed by atoms with Crippen molar-refractivity contribution in [2.24, 2.45) is 10.9 Å². The molecule has 0 radical (unpaired) electrons. The van der Waals surface area contributed by atoms with Crippen molar-refractivity contribution in [3.05, 3.63) is 16.1 Å². The zero-order valence-corrected chi connectivity index (χ0v) is 15.8. The topological polar surface area (TPSA) is 43.8 Å². The van der Waals surface area contributed by atoms with Crippen LogP contribution in [-0.4, -0.2) is 60.5 Å². The predicted octanol–water partition coefficient (Wildman–Crippen LogP) is 2.58. The van der Waals surface area contributed by atoms with Crippen molar-refractivity contribution >= 4 is 17.3 Å². The third-order valence-corrected chi connectivity index (χ3v) is 5.00. The number of aromatic nitrogens is 1. The van der Waals surface area contributed by atoms with Gasteiger partial charge in [0.1, 0.15) is 0 Å². The highest BCUT2D eigenvalue weighted by molar-refractivity contribution is 7.09. The fourth-order valence-electron chi connectivity index (χ4n) is 3.06. The van der Waals surface area contributed by atoms with Gasteiger partial charge in [-0.25, -0.2) is 4.98 Å². The van der Waals surface area contributed by atoms with Crippen LogP contribution in [0.3, 0.4) is 0 Å². The number of nitrogens with zero attached hydrogens (tertiary/aromatic N) is 4. The van der Waals surface area contributed by atoms with E-state index in [0.29, 0.717) is 0 Å². The number of likely N-dealkylation sites (tertiary alicyclic amines) is 1. The fourth-order valence-corrected chi connectivity index (χ4v) is 3.66. The Kier molecular flexibility index (Phi) is 7.30. The van der Waals surface area contributed by atoms with Crippen LogP contribution in [-0.2, 0) is 6.54 Å². The summed E-state index contributed by atoms with van der Waals surface area (Å²) in [6.07, 6.45) is 2.70. The van der Waals surface area contributed by atoms with Gasteiger partial charge in [0.15, 0.2) is 5.96 Å². The molecule has 0 bridgehead atoms. The lowest BCUT2D eigenvalue weighted by Gasteiger charge is -2.30. The molecular weight excluding hydrogens is 306 g/mol. The number of nitrogens with one attached hydrogen (secondary N) is 1. The molecule has 1 N–H and O–H groups in total. The minimum atomic E-state index is 0.803. The van der Waals surface area contributed by atoms with E-state index in [1.54, 1.807) is 11.3 Å². The average molecular weight is 338 g/mol. The van der Waals surface area contributed by atoms with Crippen LogP contribution in [0, 0.1) is 12.8 Å². The number of aryl methyl sites for hydroxylation is 1. The summed E-state index contributed by atoms with van der Waals surface area (Å²) in [5.41, 5.74) is 1.12. The van der Waals surface area contributed by atoms with Gasteiger partial charge in [0, 0.05) is 32.1 Å². The molecule has 0 amide bonds. The van der Waals surface area contributed by atoms with E-state index in [0.717, 1.165) is 48.8 Å². The van der Waals surface area contributed by atoms with Gasteiger partial charge in [-0.1, -0.05) is 6.92 Å². The van der Waals surface area contributed by atoms with E-state index in [4.69, 9.17) is 4.99 Å². The van der Waals surface area contributed by atoms with Crippen molar-refractivity contribution in [1.29, 1.82) is 0 Å². The summed E-state index contributed by atoms with van der Waals surface area (Å²) < 4.78 is 0.